The molecule has 0 aliphatic carbocycles. The molecule has 0 amide bonds. The molecule has 0 radical (unpaired) electrons. The molecule has 0 aromatic heterocycles. The minimum Gasteiger partial charge on any atom is -0.395 e. The number of nitrogens with zero attached hydrogens (tertiary/aromatic N) is 2. The number of aliphatic hydroxyl groups is 2. The van der Waals surface area contributed by atoms with Crippen molar-refractivity contribution in [2.45, 2.75) is 19.4 Å². The zero-order valence-corrected chi connectivity index (χ0v) is 14.6. The van der Waals surface area contributed by atoms with Crippen molar-refractivity contribution in [3.63, 3.8) is 0 Å². The molecule has 118 valence electrons. The van der Waals surface area contributed by atoms with E-state index in [4.69, 9.17) is 16.7 Å². The SMILES string of the molecule is CCC(O)c1cc(N2CCN(CCO)CC2)cc(Br)c1Cl. The van der Waals surface area contributed by atoms with Crippen LogP contribution in [0.5, 0.6) is 0 Å². The molecule has 0 bridgehead atoms. The third-order valence-corrected chi connectivity index (χ3v) is 5.22. The highest BCUT2D eigenvalue weighted by molar-refractivity contribution is 9.10. The number of piperazine rings is 1. The largest absolute Gasteiger partial charge is 0.395 e. The highest BCUT2D eigenvalue weighted by Gasteiger charge is 2.20. The van der Waals surface area contributed by atoms with Gasteiger partial charge in [0.1, 0.15) is 0 Å². The summed E-state index contributed by atoms with van der Waals surface area (Å²) in [4.78, 5) is 4.55. The molecule has 1 fully saturated rings. The predicted octanol–water partition coefficient (Wildman–Crippen LogP) is 2.66. The lowest BCUT2D eigenvalue weighted by Gasteiger charge is -2.36. The van der Waals surface area contributed by atoms with Crippen LogP contribution in [0.25, 0.3) is 0 Å². The molecule has 2 rings (SSSR count). The first-order valence-corrected chi connectivity index (χ1v) is 8.49. The number of β-amino-alcohol motifs (C(OH)–C–C–N with tert-alkyl or cyclic N) is 1. The standard InChI is InChI=1S/C15H22BrClN2O2/c1-2-14(21)12-9-11(10-13(16)15(12)17)19-5-3-18(4-6-19)7-8-20/h9-10,14,20-21H,2-8H2,1H3. The summed E-state index contributed by atoms with van der Waals surface area (Å²) in [6.07, 6.45) is 0.101. The minimum absolute atomic E-state index is 0.208. The molecule has 1 unspecified atom stereocenters. The molecule has 0 spiro atoms. The normalized spacial score (nSPS) is 18.0. The lowest BCUT2D eigenvalue weighted by molar-refractivity contribution is 0.173. The van der Waals surface area contributed by atoms with Gasteiger partial charge in [0.15, 0.2) is 0 Å². The van der Waals surface area contributed by atoms with Crippen LogP contribution in [0.3, 0.4) is 0 Å². The third kappa shape index (κ3) is 4.11. The van der Waals surface area contributed by atoms with Crippen LogP contribution in [0.1, 0.15) is 25.0 Å². The van der Waals surface area contributed by atoms with Gasteiger partial charge in [0.05, 0.1) is 17.7 Å². The number of anilines is 1. The van der Waals surface area contributed by atoms with Gasteiger partial charge in [-0.3, -0.25) is 4.90 Å². The van der Waals surface area contributed by atoms with Crippen LogP contribution in [0, 0.1) is 0 Å². The van der Waals surface area contributed by atoms with Crippen molar-refractivity contribution in [2.24, 2.45) is 0 Å². The van der Waals surface area contributed by atoms with Crippen LogP contribution in [-0.2, 0) is 0 Å². The number of hydrogen-bond acceptors (Lipinski definition) is 4. The summed E-state index contributed by atoms with van der Waals surface area (Å²) in [7, 11) is 0. The molecule has 1 saturated heterocycles. The number of halogens is 2. The van der Waals surface area contributed by atoms with E-state index in [1.807, 2.05) is 19.1 Å². The number of aliphatic hydroxyl groups excluding tert-OH is 2. The fourth-order valence-electron chi connectivity index (χ4n) is 2.61. The lowest BCUT2D eigenvalue weighted by Crippen LogP contribution is -2.47. The van der Waals surface area contributed by atoms with Crippen molar-refractivity contribution in [1.29, 1.82) is 0 Å². The van der Waals surface area contributed by atoms with E-state index in [9.17, 15) is 5.11 Å². The van der Waals surface area contributed by atoms with Crippen LogP contribution in [0.15, 0.2) is 16.6 Å². The molecule has 1 heterocycles. The van der Waals surface area contributed by atoms with Gasteiger partial charge in [0.2, 0.25) is 0 Å². The van der Waals surface area contributed by atoms with Gasteiger partial charge >= 0.3 is 0 Å². The van der Waals surface area contributed by atoms with Crippen molar-refractivity contribution < 1.29 is 10.2 Å². The lowest BCUT2D eigenvalue weighted by atomic mass is 10.1. The maximum atomic E-state index is 10.1. The van der Waals surface area contributed by atoms with Gasteiger partial charge in [-0.25, -0.2) is 0 Å². The monoisotopic (exact) mass is 376 g/mol. The Morgan fingerprint density at radius 3 is 2.52 bits per heavy atom. The van der Waals surface area contributed by atoms with E-state index >= 15 is 0 Å². The predicted molar refractivity (Wildman–Crippen MR) is 90.1 cm³/mol. The maximum Gasteiger partial charge on any atom is 0.0803 e. The molecule has 21 heavy (non-hydrogen) atoms. The van der Waals surface area contributed by atoms with Gasteiger partial charge in [-0.15, -0.1) is 0 Å². The zero-order chi connectivity index (χ0) is 15.4. The summed E-state index contributed by atoms with van der Waals surface area (Å²) < 4.78 is 0.821. The maximum absolute atomic E-state index is 10.1. The van der Waals surface area contributed by atoms with Crippen LogP contribution >= 0.6 is 27.5 Å². The molecule has 1 aliphatic rings. The number of hydrogen-bond donors (Lipinski definition) is 2. The average molecular weight is 378 g/mol. The second kappa shape index (κ2) is 7.79. The van der Waals surface area contributed by atoms with E-state index in [1.54, 1.807) is 0 Å². The van der Waals surface area contributed by atoms with Crippen LogP contribution < -0.4 is 4.90 Å². The summed E-state index contributed by atoms with van der Waals surface area (Å²) in [6, 6.07) is 4.00. The van der Waals surface area contributed by atoms with Crippen molar-refractivity contribution in [1.82, 2.24) is 4.90 Å². The summed E-state index contributed by atoms with van der Waals surface area (Å²) in [6.45, 7) is 6.58. The molecule has 1 aromatic carbocycles. The van der Waals surface area contributed by atoms with Crippen molar-refractivity contribution in [3.8, 4) is 0 Å². The molecule has 1 aliphatic heterocycles. The summed E-state index contributed by atoms with van der Waals surface area (Å²) in [5.74, 6) is 0. The average Bonchev–Trinajstić information content (AvgIpc) is 2.50. The van der Waals surface area contributed by atoms with E-state index < -0.39 is 6.10 Å². The Morgan fingerprint density at radius 2 is 1.95 bits per heavy atom. The van der Waals surface area contributed by atoms with Gasteiger partial charge in [-0.2, -0.15) is 0 Å². The first-order valence-electron chi connectivity index (χ1n) is 7.32. The Kier molecular flexibility index (Phi) is 6.32. The highest BCUT2D eigenvalue weighted by atomic mass is 79.9. The number of benzene rings is 1. The Hall–Kier alpha value is -0.330. The van der Waals surface area contributed by atoms with Gasteiger partial charge in [0.25, 0.3) is 0 Å². The molecule has 1 aromatic rings. The Bertz CT molecular complexity index is 479. The van der Waals surface area contributed by atoms with Crippen molar-refractivity contribution >= 4 is 33.2 Å². The van der Waals surface area contributed by atoms with Crippen molar-refractivity contribution in [3.05, 3.63) is 27.2 Å². The first-order chi connectivity index (χ1) is 10.1. The smallest absolute Gasteiger partial charge is 0.0803 e. The fraction of sp³-hybridized carbons (Fsp3) is 0.600. The van der Waals surface area contributed by atoms with E-state index in [2.05, 4.69) is 25.7 Å². The van der Waals surface area contributed by atoms with E-state index in [-0.39, 0.29) is 6.61 Å². The summed E-state index contributed by atoms with van der Waals surface area (Å²) in [5, 5.41) is 19.7. The highest BCUT2D eigenvalue weighted by Crippen LogP contribution is 2.36. The van der Waals surface area contributed by atoms with E-state index in [1.165, 1.54) is 0 Å². The molecule has 1 atom stereocenters. The van der Waals surface area contributed by atoms with Gasteiger partial charge in [-0.05, 0) is 34.5 Å². The molecular weight excluding hydrogens is 356 g/mol. The van der Waals surface area contributed by atoms with Crippen LogP contribution in [0.4, 0.5) is 5.69 Å². The van der Waals surface area contributed by atoms with Crippen molar-refractivity contribution in [2.75, 3.05) is 44.2 Å². The molecule has 4 nitrogen and oxygen atoms in total. The second-order valence-electron chi connectivity index (χ2n) is 5.31. The Morgan fingerprint density at radius 1 is 1.29 bits per heavy atom. The Labute approximate surface area is 139 Å². The quantitative estimate of drug-likeness (QED) is 0.828. The van der Waals surface area contributed by atoms with Gasteiger partial charge in [0, 0.05) is 48.4 Å². The van der Waals surface area contributed by atoms with Gasteiger partial charge < -0.3 is 15.1 Å². The van der Waals surface area contributed by atoms with Crippen LogP contribution in [-0.4, -0.2) is 54.4 Å². The van der Waals surface area contributed by atoms with E-state index in [0.717, 1.165) is 48.4 Å². The fourth-order valence-corrected chi connectivity index (χ4v) is 3.31. The molecule has 0 saturated carbocycles. The van der Waals surface area contributed by atoms with E-state index in [0.29, 0.717) is 11.4 Å². The summed E-state index contributed by atoms with van der Waals surface area (Å²) >= 11 is 9.77. The number of rotatable bonds is 5. The molecular formula is C15H22BrClN2O2. The molecule has 6 heteroatoms. The second-order valence-corrected chi connectivity index (χ2v) is 6.54. The Balaban J connectivity index is 2.16. The van der Waals surface area contributed by atoms with Crippen LogP contribution in [0.2, 0.25) is 5.02 Å². The zero-order valence-electron chi connectivity index (χ0n) is 12.2. The minimum atomic E-state index is -0.538. The summed E-state index contributed by atoms with van der Waals surface area (Å²) in [5.41, 5.74) is 1.86. The van der Waals surface area contributed by atoms with Gasteiger partial charge in [-0.1, -0.05) is 18.5 Å². The topological polar surface area (TPSA) is 46.9 Å². The third-order valence-electron chi connectivity index (χ3n) is 3.94. The first kappa shape index (κ1) is 17.0. The molecule has 2 N–H and O–H groups in total.